The molecule has 0 saturated carbocycles. The molecule has 2 atom stereocenters. The van der Waals surface area contributed by atoms with Crippen LogP contribution in [0.5, 0.6) is 0 Å². The van der Waals surface area contributed by atoms with Crippen molar-refractivity contribution < 1.29 is 9.53 Å². The van der Waals surface area contributed by atoms with E-state index in [1.165, 1.54) is 25.7 Å². The number of nitrogens with zero attached hydrogens (tertiary/aromatic N) is 2. The Morgan fingerprint density at radius 1 is 1.20 bits per heavy atom. The van der Waals surface area contributed by atoms with E-state index in [1.54, 1.807) is 0 Å². The highest BCUT2D eigenvalue weighted by Gasteiger charge is 2.38. The van der Waals surface area contributed by atoms with Crippen LogP contribution in [0.25, 0.3) is 0 Å². The minimum atomic E-state index is 0.306. The number of amides is 1. The van der Waals surface area contributed by atoms with Gasteiger partial charge in [-0.05, 0) is 46.1 Å². The Labute approximate surface area is 123 Å². The van der Waals surface area contributed by atoms with Gasteiger partial charge in [-0.1, -0.05) is 6.92 Å². The van der Waals surface area contributed by atoms with Gasteiger partial charge in [0.25, 0.3) is 0 Å². The second-order valence-electron chi connectivity index (χ2n) is 6.32. The molecule has 1 amide bonds. The minimum absolute atomic E-state index is 0.306. The molecule has 4 heteroatoms. The van der Waals surface area contributed by atoms with Crippen molar-refractivity contribution in [1.82, 2.24) is 9.80 Å². The molecule has 0 spiro atoms. The van der Waals surface area contributed by atoms with Crippen LogP contribution in [0.1, 0.15) is 52.9 Å². The lowest BCUT2D eigenvalue weighted by molar-refractivity contribution is -0.132. The standard InChI is InChI=1S/C16H30N2O2/c1-4-16(19)18-10-6-8-15(18)14-7-5-9-17(14)11-12-20-13(2)3/h13-15H,4-12H2,1-3H3/t14-,15+/m0/s1. The average Bonchev–Trinajstić information content (AvgIpc) is 3.05. The van der Waals surface area contributed by atoms with E-state index in [-0.39, 0.29) is 0 Å². The van der Waals surface area contributed by atoms with Gasteiger partial charge in [-0.2, -0.15) is 0 Å². The number of rotatable bonds is 6. The lowest BCUT2D eigenvalue weighted by Gasteiger charge is -2.35. The molecule has 0 aliphatic carbocycles. The van der Waals surface area contributed by atoms with E-state index >= 15 is 0 Å². The molecule has 116 valence electrons. The molecular weight excluding hydrogens is 252 g/mol. The van der Waals surface area contributed by atoms with E-state index < -0.39 is 0 Å². The van der Waals surface area contributed by atoms with Crippen LogP contribution in [-0.2, 0) is 9.53 Å². The summed E-state index contributed by atoms with van der Waals surface area (Å²) in [5, 5.41) is 0. The number of likely N-dealkylation sites (tertiary alicyclic amines) is 2. The second-order valence-corrected chi connectivity index (χ2v) is 6.32. The van der Waals surface area contributed by atoms with Gasteiger partial charge in [0.1, 0.15) is 0 Å². The van der Waals surface area contributed by atoms with Crippen LogP contribution in [0.4, 0.5) is 0 Å². The lowest BCUT2D eigenvalue weighted by atomic mass is 10.0. The van der Waals surface area contributed by atoms with Gasteiger partial charge >= 0.3 is 0 Å². The first-order valence-electron chi connectivity index (χ1n) is 8.28. The van der Waals surface area contributed by atoms with Gasteiger partial charge in [0.05, 0.1) is 12.7 Å². The van der Waals surface area contributed by atoms with E-state index in [9.17, 15) is 4.79 Å². The zero-order valence-corrected chi connectivity index (χ0v) is 13.3. The fourth-order valence-electron chi connectivity index (χ4n) is 3.68. The van der Waals surface area contributed by atoms with Crippen molar-refractivity contribution in [2.75, 3.05) is 26.2 Å². The molecular formula is C16H30N2O2. The maximum Gasteiger partial charge on any atom is 0.222 e. The van der Waals surface area contributed by atoms with Crippen molar-refractivity contribution in [3.8, 4) is 0 Å². The molecule has 0 aromatic rings. The topological polar surface area (TPSA) is 32.8 Å². The van der Waals surface area contributed by atoms with Crippen LogP contribution in [-0.4, -0.2) is 60.1 Å². The summed E-state index contributed by atoms with van der Waals surface area (Å²) in [5.41, 5.74) is 0. The summed E-state index contributed by atoms with van der Waals surface area (Å²) in [6.45, 7) is 10.1. The summed E-state index contributed by atoms with van der Waals surface area (Å²) in [6, 6.07) is 1.01. The third kappa shape index (κ3) is 3.73. The largest absolute Gasteiger partial charge is 0.377 e. The molecule has 0 aromatic carbocycles. The number of hydrogen-bond donors (Lipinski definition) is 0. The van der Waals surface area contributed by atoms with Crippen LogP contribution in [0.3, 0.4) is 0 Å². The van der Waals surface area contributed by atoms with E-state index in [2.05, 4.69) is 23.6 Å². The Morgan fingerprint density at radius 3 is 2.60 bits per heavy atom. The highest BCUT2D eigenvalue weighted by molar-refractivity contribution is 5.76. The summed E-state index contributed by atoms with van der Waals surface area (Å²) < 4.78 is 5.69. The molecule has 2 rings (SSSR count). The summed E-state index contributed by atoms with van der Waals surface area (Å²) in [4.78, 5) is 16.8. The third-order valence-electron chi connectivity index (χ3n) is 4.61. The Bertz CT molecular complexity index is 320. The maximum atomic E-state index is 12.1. The van der Waals surface area contributed by atoms with Gasteiger partial charge in [0.15, 0.2) is 0 Å². The Balaban J connectivity index is 1.90. The quantitative estimate of drug-likeness (QED) is 0.749. The second kappa shape index (κ2) is 7.41. The van der Waals surface area contributed by atoms with Crippen LogP contribution >= 0.6 is 0 Å². The van der Waals surface area contributed by atoms with Crippen molar-refractivity contribution in [3.63, 3.8) is 0 Å². The fraction of sp³-hybridized carbons (Fsp3) is 0.938. The van der Waals surface area contributed by atoms with Gasteiger partial charge < -0.3 is 9.64 Å². The SMILES string of the molecule is CCC(=O)N1CCC[C@@H]1[C@@H]1CCCN1CCOC(C)C. The monoisotopic (exact) mass is 282 g/mol. The summed E-state index contributed by atoms with van der Waals surface area (Å²) >= 11 is 0. The van der Waals surface area contributed by atoms with Crippen LogP contribution in [0.15, 0.2) is 0 Å². The first kappa shape index (κ1) is 15.8. The third-order valence-corrected chi connectivity index (χ3v) is 4.61. The molecule has 20 heavy (non-hydrogen) atoms. The summed E-state index contributed by atoms with van der Waals surface area (Å²) in [7, 11) is 0. The molecule has 2 aliphatic heterocycles. The molecule has 0 aromatic heterocycles. The molecule has 2 heterocycles. The van der Waals surface area contributed by atoms with E-state index in [4.69, 9.17) is 4.74 Å². The van der Waals surface area contributed by atoms with E-state index in [1.807, 2.05) is 6.92 Å². The molecule has 0 bridgehead atoms. The first-order valence-corrected chi connectivity index (χ1v) is 8.28. The van der Waals surface area contributed by atoms with Crippen LogP contribution in [0.2, 0.25) is 0 Å². The molecule has 4 nitrogen and oxygen atoms in total. The van der Waals surface area contributed by atoms with Gasteiger partial charge in [0, 0.05) is 31.6 Å². The number of hydrogen-bond acceptors (Lipinski definition) is 3. The fourth-order valence-corrected chi connectivity index (χ4v) is 3.68. The predicted molar refractivity (Wildman–Crippen MR) is 80.7 cm³/mol. The van der Waals surface area contributed by atoms with Gasteiger partial charge in [-0.25, -0.2) is 0 Å². The van der Waals surface area contributed by atoms with Gasteiger partial charge in [-0.3, -0.25) is 9.69 Å². The first-order chi connectivity index (χ1) is 9.63. The smallest absolute Gasteiger partial charge is 0.222 e. The van der Waals surface area contributed by atoms with E-state index in [0.717, 1.165) is 26.2 Å². The van der Waals surface area contributed by atoms with Gasteiger partial charge in [0.2, 0.25) is 5.91 Å². The highest BCUT2D eigenvalue weighted by atomic mass is 16.5. The summed E-state index contributed by atoms with van der Waals surface area (Å²) in [5.74, 6) is 0.331. The van der Waals surface area contributed by atoms with Crippen LogP contribution in [0, 0.1) is 0 Å². The Kier molecular flexibility index (Phi) is 5.85. The molecule has 2 fully saturated rings. The zero-order valence-electron chi connectivity index (χ0n) is 13.3. The number of carbonyl (C=O) groups is 1. The summed E-state index contributed by atoms with van der Waals surface area (Å²) in [6.07, 6.45) is 5.79. The van der Waals surface area contributed by atoms with Crippen molar-refractivity contribution in [2.45, 2.75) is 71.1 Å². The number of carbonyl (C=O) groups excluding carboxylic acids is 1. The molecule has 0 N–H and O–H groups in total. The molecule has 0 radical (unpaired) electrons. The zero-order chi connectivity index (χ0) is 14.5. The van der Waals surface area contributed by atoms with Crippen molar-refractivity contribution in [3.05, 3.63) is 0 Å². The molecule has 0 unspecified atom stereocenters. The normalized spacial score (nSPS) is 27.7. The van der Waals surface area contributed by atoms with Gasteiger partial charge in [-0.15, -0.1) is 0 Å². The van der Waals surface area contributed by atoms with Crippen molar-refractivity contribution in [2.24, 2.45) is 0 Å². The molecule has 2 aliphatic rings. The highest BCUT2D eigenvalue weighted by Crippen LogP contribution is 2.30. The lowest BCUT2D eigenvalue weighted by Crippen LogP contribution is -2.48. The molecule has 2 saturated heterocycles. The average molecular weight is 282 g/mol. The Morgan fingerprint density at radius 2 is 1.90 bits per heavy atom. The van der Waals surface area contributed by atoms with Crippen molar-refractivity contribution in [1.29, 1.82) is 0 Å². The Hall–Kier alpha value is -0.610. The van der Waals surface area contributed by atoms with E-state index in [0.29, 0.717) is 30.5 Å². The van der Waals surface area contributed by atoms with Crippen LogP contribution < -0.4 is 0 Å². The predicted octanol–water partition coefficient (Wildman–Crippen LogP) is 2.28. The number of ether oxygens (including phenoxy) is 1. The minimum Gasteiger partial charge on any atom is -0.377 e. The van der Waals surface area contributed by atoms with Crippen molar-refractivity contribution >= 4 is 5.91 Å². The maximum absolute atomic E-state index is 12.1.